The summed E-state index contributed by atoms with van der Waals surface area (Å²) >= 11 is 0. The fourth-order valence-corrected chi connectivity index (χ4v) is 0.674. The number of primary amides is 1. The maximum atomic E-state index is 10.6. The summed E-state index contributed by atoms with van der Waals surface area (Å²) in [6.07, 6.45) is 0. The maximum Gasteiger partial charge on any atom is 0.323 e. The van der Waals surface area contributed by atoms with Crippen LogP contribution in [0.2, 0.25) is 0 Å². The molecule has 0 radical (unpaired) electrons. The van der Waals surface area contributed by atoms with Crippen LogP contribution in [0, 0.1) is 5.92 Å². The highest BCUT2D eigenvalue weighted by molar-refractivity contribution is 5.75. The largest absolute Gasteiger partial charge is 0.480 e. The van der Waals surface area contributed by atoms with Crippen molar-refractivity contribution in [2.24, 2.45) is 11.7 Å². The summed E-state index contributed by atoms with van der Waals surface area (Å²) in [5.41, 5.74) is 7.03. The Labute approximate surface area is 76.0 Å². The molecule has 6 nitrogen and oxygen atoms in total. The minimum atomic E-state index is -1.03. The number of nitrogens with one attached hydrogen (secondary N) is 1. The number of carboxylic acid groups (broad SMARTS) is 1. The number of hydrogen-bond acceptors (Lipinski definition) is 4. The second-order valence-corrected chi connectivity index (χ2v) is 2.93. The molecule has 0 aliphatic carbocycles. The Morgan fingerprint density at radius 2 is 2.08 bits per heavy atom. The van der Waals surface area contributed by atoms with Crippen LogP contribution in [0.15, 0.2) is 0 Å². The van der Waals surface area contributed by atoms with Crippen molar-refractivity contribution in [3.8, 4) is 0 Å². The lowest BCUT2D eigenvalue weighted by molar-refractivity contribution is -0.148. The van der Waals surface area contributed by atoms with Gasteiger partial charge in [-0.2, -0.15) is 5.48 Å². The Kier molecular flexibility index (Phi) is 5.01. The van der Waals surface area contributed by atoms with Crippen LogP contribution in [0.25, 0.3) is 0 Å². The fourth-order valence-electron chi connectivity index (χ4n) is 0.674. The van der Waals surface area contributed by atoms with Gasteiger partial charge in [-0.25, -0.2) is 0 Å². The number of aliphatic carboxylic acids is 1. The molecule has 0 bridgehead atoms. The van der Waals surface area contributed by atoms with E-state index in [1.807, 2.05) is 0 Å². The first kappa shape index (κ1) is 11.9. The molecule has 1 amide bonds. The first-order valence-corrected chi connectivity index (χ1v) is 3.83. The van der Waals surface area contributed by atoms with Crippen LogP contribution < -0.4 is 11.2 Å². The van der Waals surface area contributed by atoms with E-state index in [4.69, 9.17) is 10.8 Å². The number of carbonyl (C=O) groups excluding carboxylic acids is 1. The van der Waals surface area contributed by atoms with Crippen molar-refractivity contribution in [2.75, 3.05) is 6.61 Å². The average Bonchev–Trinajstić information content (AvgIpc) is 1.95. The number of nitrogens with two attached hydrogens (primary N) is 1. The number of rotatable bonds is 6. The van der Waals surface area contributed by atoms with Crippen LogP contribution in [-0.4, -0.2) is 29.6 Å². The molecule has 0 spiro atoms. The molecule has 1 unspecified atom stereocenters. The van der Waals surface area contributed by atoms with E-state index in [0.29, 0.717) is 0 Å². The molecular weight excluding hydrogens is 176 g/mol. The lowest BCUT2D eigenvalue weighted by atomic mass is 10.1. The zero-order valence-corrected chi connectivity index (χ0v) is 7.61. The van der Waals surface area contributed by atoms with Gasteiger partial charge in [0.15, 0.2) is 0 Å². The quantitative estimate of drug-likeness (QED) is 0.471. The van der Waals surface area contributed by atoms with Gasteiger partial charge < -0.3 is 10.8 Å². The number of hydroxylamine groups is 1. The molecule has 4 N–H and O–H groups in total. The molecule has 6 heteroatoms. The van der Waals surface area contributed by atoms with E-state index in [-0.39, 0.29) is 12.5 Å². The lowest BCUT2D eigenvalue weighted by Gasteiger charge is -2.16. The van der Waals surface area contributed by atoms with Crippen molar-refractivity contribution in [1.29, 1.82) is 0 Å². The number of amides is 1. The van der Waals surface area contributed by atoms with E-state index in [1.165, 1.54) is 0 Å². The number of carboxylic acids is 1. The molecule has 0 rings (SSSR count). The maximum absolute atomic E-state index is 10.6. The van der Waals surface area contributed by atoms with Gasteiger partial charge in [0.05, 0.1) is 0 Å². The molecule has 13 heavy (non-hydrogen) atoms. The molecule has 0 aromatic heterocycles. The molecule has 1 atom stereocenters. The Morgan fingerprint density at radius 3 is 2.38 bits per heavy atom. The second-order valence-electron chi connectivity index (χ2n) is 2.93. The van der Waals surface area contributed by atoms with Crippen molar-refractivity contribution in [3.05, 3.63) is 0 Å². The third-order valence-corrected chi connectivity index (χ3v) is 1.36. The number of hydrogen-bond donors (Lipinski definition) is 3. The Balaban J connectivity index is 3.84. The van der Waals surface area contributed by atoms with Crippen molar-refractivity contribution < 1.29 is 19.5 Å². The topological polar surface area (TPSA) is 102 Å². The van der Waals surface area contributed by atoms with Crippen molar-refractivity contribution in [1.82, 2.24) is 5.48 Å². The Hall–Kier alpha value is -1.14. The lowest BCUT2D eigenvalue weighted by Crippen LogP contribution is -2.42. The van der Waals surface area contributed by atoms with Gasteiger partial charge in [0, 0.05) is 0 Å². The van der Waals surface area contributed by atoms with E-state index >= 15 is 0 Å². The van der Waals surface area contributed by atoms with Gasteiger partial charge in [0.2, 0.25) is 5.91 Å². The summed E-state index contributed by atoms with van der Waals surface area (Å²) in [6.45, 7) is 3.11. The monoisotopic (exact) mass is 190 g/mol. The molecule has 0 aromatic carbocycles. The smallest absolute Gasteiger partial charge is 0.323 e. The summed E-state index contributed by atoms with van der Waals surface area (Å²) in [4.78, 5) is 25.4. The molecule has 0 fully saturated rings. The molecule has 0 saturated heterocycles. The highest BCUT2D eigenvalue weighted by Crippen LogP contribution is 2.00. The van der Waals surface area contributed by atoms with Gasteiger partial charge in [-0.1, -0.05) is 13.8 Å². The van der Waals surface area contributed by atoms with Crippen LogP contribution in [0.5, 0.6) is 0 Å². The minimum absolute atomic E-state index is 0.134. The predicted octanol–water partition coefficient (Wildman–Crippen LogP) is -0.898. The van der Waals surface area contributed by atoms with Gasteiger partial charge in [-0.15, -0.1) is 0 Å². The average molecular weight is 190 g/mol. The van der Waals surface area contributed by atoms with E-state index < -0.39 is 17.9 Å². The van der Waals surface area contributed by atoms with Crippen LogP contribution in [0.3, 0.4) is 0 Å². The van der Waals surface area contributed by atoms with Crippen molar-refractivity contribution in [2.45, 2.75) is 19.9 Å². The Bertz CT molecular complexity index is 193. The van der Waals surface area contributed by atoms with Gasteiger partial charge in [0.1, 0.15) is 12.6 Å². The summed E-state index contributed by atoms with van der Waals surface area (Å²) < 4.78 is 0. The molecule has 0 aromatic rings. The molecule has 0 aliphatic rings. The molecule has 0 saturated carbocycles. The third-order valence-electron chi connectivity index (χ3n) is 1.36. The highest BCUT2D eigenvalue weighted by Gasteiger charge is 2.21. The Morgan fingerprint density at radius 1 is 1.54 bits per heavy atom. The van der Waals surface area contributed by atoms with Crippen molar-refractivity contribution in [3.63, 3.8) is 0 Å². The first-order valence-electron chi connectivity index (χ1n) is 3.83. The van der Waals surface area contributed by atoms with E-state index in [1.54, 1.807) is 13.8 Å². The number of carbonyl (C=O) groups is 2. The van der Waals surface area contributed by atoms with Crippen molar-refractivity contribution >= 4 is 11.9 Å². The van der Waals surface area contributed by atoms with E-state index in [0.717, 1.165) is 0 Å². The van der Waals surface area contributed by atoms with Gasteiger partial charge in [0.25, 0.3) is 0 Å². The van der Waals surface area contributed by atoms with E-state index in [9.17, 15) is 9.59 Å². The first-order chi connectivity index (χ1) is 5.95. The minimum Gasteiger partial charge on any atom is -0.480 e. The van der Waals surface area contributed by atoms with Crippen LogP contribution in [0.1, 0.15) is 13.8 Å². The molecule has 76 valence electrons. The highest BCUT2D eigenvalue weighted by atomic mass is 16.6. The second kappa shape index (κ2) is 5.50. The van der Waals surface area contributed by atoms with Crippen LogP contribution in [0.4, 0.5) is 0 Å². The predicted molar refractivity (Wildman–Crippen MR) is 44.5 cm³/mol. The summed E-state index contributed by atoms with van der Waals surface area (Å²) in [7, 11) is 0. The van der Waals surface area contributed by atoms with Gasteiger partial charge >= 0.3 is 5.97 Å². The van der Waals surface area contributed by atoms with Crippen LogP contribution in [-0.2, 0) is 14.4 Å². The summed E-state index contributed by atoms with van der Waals surface area (Å²) in [5, 5.41) is 8.65. The summed E-state index contributed by atoms with van der Waals surface area (Å²) in [5.74, 6) is -1.81. The third kappa shape index (κ3) is 5.15. The molecule has 0 aliphatic heterocycles. The fraction of sp³-hybridized carbons (Fsp3) is 0.714. The molecular formula is C7H14N2O4. The zero-order valence-electron chi connectivity index (χ0n) is 7.61. The standard InChI is InChI=1S/C7H14N2O4/c1-4(2)6(7(11)12)9-13-3-5(8)10/h4,6,9H,3H2,1-2H3,(H2,8,10)(H,11,12). The van der Waals surface area contributed by atoms with Crippen LogP contribution >= 0.6 is 0 Å². The molecule has 0 heterocycles. The van der Waals surface area contributed by atoms with Gasteiger partial charge in [-0.05, 0) is 5.92 Å². The zero-order chi connectivity index (χ0) is 10.4. The normalized spacial score (nSPS) is 12.8. The van der Waals surface area contributed by atoms with Gasteiger partial charge in [-0.3, -0.25) is 14.4 Å². The summed E-state index contributed by atoms with van der Waals surface area (Å²) in [6, 6.07) is -0.834. The SMILES string of the molecule is CC(C)C(NOCC(N)=O)C(=O)O. The van der Waals surface area contributed by atoms with E-state index in [2.05, 4.69) is 10.3 Å².